The van der Waals surface area contributed by atoms with Crippen molar-refractivity contribution in [3.05, 3.63) is 53.9 Å². The first kappa shape index (κ1) is 22.6. The van der Waals surface area contributed by atoms with Crippen LogP contribution in [0, 0.1) is 5.82 Å². The lowest BCUT2D eigenvalue weighted by Gasteiger charge is -2.15. The van der Waals surface area contributed by atoms with E-state index in [9.17, 15) is 4.39 Å². The minimum Gasteiger partial charge on any atom is -0.493 e. The summed E-state index contributed by atoms with van der Waals surface area (Å²) >= 11 is 1.31. The Bertz CT molecular complexity index is 1230. The highest BCUT2D eigenvalue weighted by Crippen LogP contribution is 2.42. The van der Waals surface area contributed by atoms with E-state index in [0.717, 1.165) is 0 Å². The average molecular weight is 472 g/mol. The number of benzene rings is 2. The lowest BCUT2D eigenvalue weighted by atomic mass is 10.1. The highest BCUT2D eigenvalue weighted by atomic mass is 32.2. The quantitative estimate of drug-likeness (QED) is 0.330. The van der Waals surface area contributed by atoms with E-state index in [1.54, 1.807) is 34.9 Å². The third-order valence-corrected chi connectivity index (χ3v) is 5.71. The Labute approximate surface area is 193 Å². The van der Waals surface area contributed by atoms with Gasteiger partial charge in [0.15, 0.2) is 28.3 Å². The monoisotopic (exact) mass is 471 g/mol. The summed E-state index contributed by atoms with van der Waals surface area (Å²) in [7, 11) is 4.58. The fourth-order valence-corrected chi connectivity index (χ4v) is 4.01. The van der Waals surface area contributed by atoms with Gasteiger partial charge in [-0.3, -0.25) is 4.57 Å². The first-order valence-electron chi connectivity index (χ1n) is 10.0. The molecule has 2 aromatic heterocycles. The maximum atomic E-state index is 14.9. The number of ether oxygens (including phenoxy) is 3. The largest absolute Gasteiger partial charge is 0.493 e. The summed E-state index contributed by atoms with van der Waals surface area (Å²) in [5.74, 6) is 2.76. The Balaban J connectivity index is 1.81. The van der Waals surface area contributed by atoms with Gasteiger partial charge in [-0.2, -0.15) is 4.98 Å². The van der Waals surface area contributed by atoms with Crippen LogP contribution in [0.25, 0.3) is 17.1 Å². The number of aryl methyl sites for hydroxylation is 1. The normalized spacial score (nSPS) is 10.9. The molecule has 0 radical (unpaired) electrons. The Kier molecular flexibility index (Phi) is 6.78. The number of para-hydroxylation sites is 1. The molecule has 33 heavy (non-hydrogen) atoms. The summed E-state index contributed by atoms with van der Waals surface area (Å²) in [5, 5.41) is 13.0. The zero-order valence-electron chi connectivity index (χ0n) is 18.5. The van der Waals surface area contributed by atoms with Crippen LogP contribution in [-0.4, -0.2) is 46.2 Å². The second-order valence-corrected chi connectivity index (χ2v) is 7.70. The minimum atomic E-state index is -0.418. The number of nitrogens with zero attached hydrogens (tertiary/aromatic N) is 5. The van der Waals surface area contributed by atoms with Crippen molar-refractivity contribution in [1.29, 1.82) is 0 Å². The molecule has 0 N–H and O–H groups in total. The van der Waals surface area contributed by atoms with Gasteiger partial charge in [-0.15, -0.1) is 10.2 Å². The Hall–Kier alpha value is -3.60. The van der Waals surface area contributed by atoms with Crippen LogP contribution in [0.4, 0.5) is 4.39 Å². The Morgan fingerprint density at radius 2 is 1.76 bits per heavy atom. The molecule has 9 nitrogen and oxygen atoms in total. The van der Waals surface area contributed by atoms with E-state index >= 15 is 0 Å². The highest BCUT2D eigenvalue weighted by molar-refractivity contribution is 7.98. The van der Waals surface area contributed by atoms with Gasteiger partial charge in [-0.1, -0.05) is 36.0 Å². The number of hydrogen-bond donors (Lipinski definition) is 0. The first-order chi connectivity index (χ1) is 16.1. The van der Waals surface area contributed by atoms with Crippen LogP contribution in [0.2, 0.25) is 0 Å². The molecule has 0 atom stereocenters. The SMILES string of the molecule is CCc1noc(CSc2nnc(-c3cc(OC)c(OC)c(OC)c3)n2-c2ccccc2F)n1. The van der Waals surface area contributed by atoms with Gasteiger partial charge in [-0.25, -0.2) is 4.39 Å². The fourth-order valence-electron chi connectivity index (χ4n) is 3.23. The zero-order chi connectivity index (χ0) is 23.4. The number of thioether (sulfide) groups is 1. The standard InChI is InChI=1S/C22H22FN5O4S/c1-5-18-24-19(32-27-18)12-33-22-26-25-21(28(22)15-9-7-6-8-14(15)23)13-10-16(29-2)20(31-4)17(11-13)30-3/h6-11H,5,12H2,1-4H3. The van der Waals surface area contributed by atoms with E-state index in [4.69, 9.17) is 18.7 Å². The van der Waals surface area contributed by atoms with Gasteiger partial charge in [0.05, 0.1) is 32.8 Å². The summed E-state index contributed by atoms with van der Waals surface area (Å²) in [5.41, 5.74) is 0.909. The van der Waals surface area contributed by atoms with E-state index in [1.165, 1.54) is 39.2 Å². The van der Waals surface area contributed by atoms with Crippen LogP contribution in [0.3, 0.4) is 0 Å². The third kappa shape index (κ3) is 4.49. The Morgan fingerprint density at radius 1 is 1.03 bits per heavy atom. The highest BCUT2D eigenvalue weighted by Gasteiger charge is 2.22. The maximum Gasteiger partial charge on any atom is 0.237 e. The molecule has 0 aliphatic rings. The summed E-state index contributed by atoms with van der Waals surface area (Å²) in [6, 6.07) is 9.89. The van der Waals surface area contributed by atoms with E-state index in [2.05, 4.69) is 20.3 Å². The summed E-state index contributed by atoms with van der Waals surface area (Å²) < 4.78 is 38.1. The summed E-state index contributed by atoms with van der Waals surface area (Å²) in [6.07, 6.45) is 0.671. The van der Waals surface area contributed by atoms with Crippen molar-refractivity contribution in [1.82, 2.24) is 24.9 Å². The summed E-state index contributed by atoms with van der Waals surface area (Å²) in [6.45, 7) is 1.94. The van der Waals surface area contributed by atoms with Crippen LogP contribution in [0.5, 0.6) is 17.2 Å². The average Bonchev–Trinajstić information content (AvgIpc) is 3.48. The van der Waals surface area contributed by atoms with Crippen LogP contribution in [0.1, 0.15) is 18.6 Å². The Morgan fingerprint density at radius 3 is 2.36 bits per heavy atom. The molecule has 172 valence electrons. The van der Waals surface area contributed by atoms with Crippen molar-refractivity contribution < 1.29 is 23.1 Å². The molecule has 4 aromatic rings. The van der Waals surface area contributed by atoms with E-state index < -0.39 is 5.82 Å². The molecule has 0 fully saturated rings. The molecule has 0 saturated heterocycles. The number of aromatic nitrogens is 5. The molecule has 0 aliphatic heterocycles. The van der Waals surface area contributed by atoms with Crippen LogP contribution in [-0.2, 0) is 12.2 Å². The van der Waals surface area contributed by atoms with E-state index in [1.807, 2.05) is 6.92 Å². The molecule has 2 heterocycles. The minimum absolute atomic E-state index is 0.300. The van der Waals surface area contributed by atoms with Crippen molar-refractivity contribution >= 4 is 11.8 Å². The van der Waals surface area contributed by atoms with Crippen molar-refractivity contribution in [2.24, 2.45) is 0 Å². The maximum absolute atomic E-state index is 14.9. The predicted molar refractivity (Wildman–Crippen MR) is 120 cm³/mol. The molecule has 0 saturated carbocycles. The molecule has 0 aliphatic carbocycles. The van der Waals surface area contributed by atoms with Gasteiger partial charge < -0.3 is 18.7 Å². The topological polar surface area (TPSA) is 97.3 Å². The van der Waals surface area contributed by atoms with E-state index in [-0.39, 0.29) is 0 Å². The van der Waals surface area contributed by atoms with Crippen molar-refractivity contribution in [3.63, 3.8) is 0 Å². The third-order valence-electron chi connectivity index (χ3n) is 4.80. The molecule has 0 bridgehead atoms. The molecule has 0 amide bonds. The van der Waals surface area contributed by atoms with Gasteiger partial charge in [-0.05, 0) is 24.3 Å². The van der Waals surface area contributed by atoms with Crippen LogP contribution >= 0.6 is 11.8 Å². The second kappa shape index (κ2) is 9.90. The molecule has 0 spiro atoms. The molecule has 11 heteroatoms. The molecule has 0 unspecified atom stereocenters. The first-order valence-corrected chi connectivity index (χ1v) is 11.0. The van der Waals surface area contributed by atoms with Crippen molar-refractivity contribution in [2.45, 2.75) is 24.3 Å². The van der Waals surface area contributed by atoms with Crippen LogP contribution < -0.4 is 14.2 Å². The van der Waals surface area contributed by atoms with Crippen molar-refractivity contribution in [3.8, 4) is 34.3 Å². The number of hydrogen-bond acceptors (Lipinski definition) is 9. The van der Waals surface area contributed by atoms with Gasteiger partial charge in [0.25, 0.3) is 0 Å². The van der Waals surface area contributed by atoms with Crippen molar-refractivity contribution in [2.75, 3.05) is 21.3 Å². The van der Waals surface area contributed by atoms with Gasteiger partial charge in [0.2, 0.25) is 11.6 Å². The van der Waals surface area contributed by atoms with Crippen LogP contribution in [0.15, 0.2) is 46.1 Å². The van der Waals surface area contributed by atoms with E-state index in [0.29, 0.717) is 63.4 Å². The molecule has 4 rings (SSSR count). The second-order valence-electron chi connectivity index (χ2n) is 6.75. The van der Waals surface area contributed by atoms with Gasteiger partial charge >= 0.3 is 0 Å². The predicted octanol–water partition coefficient (Wildman–Crippen LogP) is 4.34. The number of methoxy groups -OCH3 is 3. The van der Waals surface area contributed by atoms with Gasteiger partial charge in [0.1, 0.15) is 5.82 Å². The molecular weight excluding hydrogens is 449 g/mol. The molecule has 2 aromatic carbocycles. The lowest BCUT2D eigenvalue weighted by molar-refractivity contribution is 0.324. The van der Waals surface area contributed by atoms with Gasteiger partial charge in [0, 0.05) is 12.0 Å². The zero-order valence-corrected chi connectivity index (χ0v) is 19.4. The number of rotatable bonds is 9. The lowest BCUT2D eigenvalue weighted by Crippen LogP contribution is -2.03. The summed E-state index contributed by atoms with van der Waals surface area (Å²) in [4.78, 5) is 4.32. The smallest absolute Gasteiger partial charge is 0.237 e. The fraction of sp³-hybridized carbons (Fsp3) is 0.273. The molecular formula is C22H22FN5O4S. The number of halogens is 1.